The van der Waals surface area contributed by atoms with Gasteiger partial charge in [0.1, 0.15) is 6.61 Å². The number of amides is 1. The fraction of sp³-hybridized carbons (Fsp3) is 0.448. The molecule has 0 spiro atoms. The van der Waals surface area contributed by atoms with Crippen molar-refractivity contribution in [3.8, 4) is 0 Å². The molecule has 1 aliphatic heterocycles. The molecule has 0 bridgehead atoms. The number of methoxy groups -OCH3 is 1. The van der Waals surface area contributed by atoms with Gasteiger partial charge in [0.15, 0.2) is 23.4 Å². The van der Waals surface area contributed by atoms with Gasteiger partial charge in [-0.15, -0.1) is 0 Å². The third kappa shape index (κ3) is 9.42. The first-order valence-electron chi connectivity index (χ1n) is 13.7. The van der Waals surface area contributed by atoms with Crippen LogP contribution >= 0.6 is 12.2 Å². The van der Waals surface area contributed by atoms with Gasteiger partial charge in [0.2, 0.25) is 11.7 Å². The molecule has 0 saturated carbocycles. The second kappa shape index (κ2) is 15.7. The van der Waals surface area contributed by atoms with Crippen molar-refractivity contribution in [1.29, 1.82) is 0 Å². The molecule has 0 saturated heterocycles. The number of aromatic nitrogens is 1. The van der Waals surface area contributed by atoms with Gasteiger partial charge in [-0.1, -0.05) is 18.2 Å². The van der Waals surface area contributed by atoms with Gasteiger partial charge in [-0.3, -0.25) is 19.2 Å². The van der Waals surface area contributed by atoms with Crippen LogP contribution in [0.25, 0.3) is 10.9 Å². The van der Waals surface area contributed by atoms with Crippen LogP contribution in [-0.4, -0.2) is 90.5 Å². The first kappa shape index (κ1) is 33.8. The van der Waals surface area contributed by atoms with E-state index >= 15 is 0 Å². The Kier molecular flexibility index (Phi) is 12.1. The van der Waals surface area contributed by atoms with Gasteiger partial charge in [0.05, 0.1) is 19.2 Å². The summed E-state index contributed by atoms with van der Waals surface area (Å²) >= 11 is 5.54. The summed E-state index contributed by atoms with van der Waals surface area (Å²) in [6.07, 6.45) is -0.263. The second-order valence-electron chi connectivity index (χ2n) is 9.89. The lowest BCUT2D eigenvalue weighted by Crippen LogP contribution is -2.65. The zero-order valence-electron chi connectivity index (χ0n) is 25.0. The molecule has 1 aromatic heterocycles. The molecule has 0 radical (unpaired) electrons. The topological polar surface area (TPSA) is 183 Å². The van der Waals surface area contributed by atoms with Gasteiger partial charge in [-0.25, -0.2) is 4.79 Å². The maximum absolute atomic E-state index is 12.6. The minimum absolute atomic E-state index is 0.187. The van der Waals surface area contributed by atoms with Crippen LogP contribution in [0.3, 0.4) is 0 Å². The van der Waals surface area contributed by atoms with Crippen molar-refractivity contribution < 1.29 is 47.7 Å². The molecule has 0 unspecified atom stereocenters. The Balaban J connectivity index is 1.90. The highest BCUT2D eigenvalue weighted by molar-refractivity contribution is 7.80. The van der Waals surface area contributed by atoms with Gasteiger partial charge in [-0.05, 0) is 36.3 Å². The van der Waals surface area contributed by atoms with Crippen molar-refractivity contribution in [2.45, 2.75) is 64.5 Å². The molecule has 44 heavy (non-hydrogen) atoms. The van der Waals surface area contributed by atoms with Crippen LogP contribution in [0.4, 0.5) is 0 Å². The van der Waals surface area contributed by atoms with Gasteiger partial charge in [0.25, 0.3) is 0 Å². The molecule has 1 aromatic carbocycles. The normalized spacial score (nSPS) is 18.8. The van der Waals surface area contributed by atoms with Crippen LogP contribution in [0.1, 0.15) is 33.3 Å². The number of thiocarbonyl (C=S) groups is 1. The highest BCUT2D eigenvalue weighted by atomic mass is 32.1. The number of hydrogen-bond donors (Lipinski definition) is 4. The number of ether oxygens (including phenoxy) is 5. The van der Waals surface area contributed by atoms with Crippen LogP contribution in [0.2, 0.25) is 0 Å². The summed E-state index contributed by atoms with van der Waals surface area (Å²) in [5, 5.41) is 10.2. The Morgan fingerprint density at radius 1 is 1.00 bits per heavy atom. The van der Waals surface area contributed by atoms with E-state index in [2.05, 4.69) is 20.9 Å². The molecule has 2 aromatic rings. The Morgan fingerprint density at radius 3 is 2.34 bits per heavy atom. The van der Waals surface area contributed by atoms with E-state index in [0.29, 0.717) is 13.0 Å². The van der Waals surface area contributed by atoms with Crippen molar-refractivity contribution in [3.63, 3.8) is 0 Å². The van der Waals surface area contributed by atoms with Gasteiger partial charge < -0.3 is 44.6 Å². The standard InChI is InChI=1S/C29H36N4O10S/c1-15(34)32-25-22(33-29(44)30-11-10-19-13-31-21-9-7-6-8-20(19)21)12-23(28(38)39-5)43-27(25)26(42-18(4)37)24(41-17(3)36)14-40-16(2)35/h6-9,12-13,22,24-27,31H,10-11,14H2,1-5H3,(H,32,34)(H2,30,33,44)/t22-,24+,25+,26+,27+/m0/s1. The predicted octanol–water partition coefficient (Wildman–Crippen LogP) is 0.930. The van der Waals surface area contributed by atoms with E-state index in [4.69, 9.17) is 35.9 Å². The van der Waals surface area contributed by atoms with Crippen molar-refractivity contribution >= 4 is 58.0 Å². The van der Waals surface area contributed by atoms with Crippen molar-refractivity contribution in [1.82, 2.24) is 20.9 Å². The first-order valence-corrected chi connectivity index (χ1v) is 14.1. The molecule has 5 atom stereocenters. The lowest BCUT2D eigenvalue weighted by atomic mass is 9.91. The van der Waals surface area contributed by atoms with Crippen molar-refractivity contribution in [3.05, 3.63) is 47.9 Å². The SMILES string of the molecule is COC(=O)C1=C[C@H](NC(=S)NCCc2c[nH]c3ccccc23)[C@@H](NC(C)=O)[C@H]([C@H](OC(C)=O)[C@@H](COC(C)=O)OC(C)=O)O1. The molecule has 4 N–H and O–H groups in total. The maximum atomic E-state index is 12.6. The summed E-state index contributed by atoms with van der Waals surface area (Å²) in [4.78, 5) is 64.0. The third-order valence-electron chi connectivity index (χ3n) is 6.50. The highest BCUT2D eigenvalue weighted by Crippen LogP contribution is 2.27. The van der Waals surface area contributed by atoms with E-state index in [1.54, 1.807) is 0 Å². The number of hydrogen-bond acceptors (Lipinski definition) is 11. The van der Waals surface area contributed by atoms with Crippen LogP contribution in [0, 0.1) is 0 Å². The van der Waals surface area contributed by atoms with E-state index in [9.17, 15) is 24.0 Å². The molecule has 2 heterocycles. The lowest BCUT2D eigenvalue weighted by molar-refractivity contribution is -0.188. The van der Waals surface area contributed by atoms with Gasteiger partial charge in [-0.2, -0.15) is 0 Å². The Labute approximate surface area is 259 Å². The first-order chi connectivity index (χ1) is 20.9. The molecular formula is C29H36N4O10S. The number of rotatable bonds is 12. The highest BCUT2D eigenvalue weighted by Gasteiger charge is 2.48. The Hall–Kier alpha value is -4.66. The smallest absolute Gasteiger partial charge is 0.373 e. The van der Waals surface area contributed by atoms with Gasteiger partial charge in [0, 0.05) is 51.3 Å². The third-order valence-corrected chi connectivity index (χ3v) is 6.77. The van der Waals surface area contributed by atoms with Crippen LogP contribution in [0.15, 0.2) is 42.3 Å². The van der Waals surface area contributed by atoms with E-state index in [1.807, 2.05) is 30.5 Å². The number of esters is 4. The number of carbonyl (C=O) groups is 5. The quantitative estimate of drug-likeness (QED) is 0.147. The monoisotopic (exact) mass is 632 g/mol. The minimum atomic E-state index is -1.46. The minimum Gasteiger partial charge on any atom is -0.477 e. The van der Waals surface area contributed by atoms with E-state index in [-0.39, 0.29) is 10.9 Å². The van der Waals surface area contributed by atoms with Crippen LogP contribution < -0.4 is 16.0 Å². The fourth-order valence-electron chi connectivity index (χ4n) is 4.76. The average molecular weight is 633 g/mol. The number of carbonyl (C=O) groups excluding carboxylic acids is 5. The van der Waals surface area contributed by atoms with Crippen LogP contribution in [0.5, 0.6) is 0 Å². The summed E-state index contributed by atoms with van der Waals surface area (Å²) < 4.78 is 26.7. The number of aromatic amines is 1. The zero-order valence-corrected chi connectivity index (χ0v) is 25.8. The predicted molar refractivity (Wildman–Crippen MR) is 160 cm³/mol. The molecule has 1 amide bonds. The van der Waals surface area contributed by atoms with Crippen LogP contribution in [-0.2, 0) is 54.1 Å². The molecule has 0 fully saturated rings. The molecule has 15 heteroatoms. The second-order valence-corrected chi connectivity index (χ2v) is 10.3. The zero-order chi connectivity index (χ0) is 32.4. The Morgan fingerprint density at radius 2 is 1.70 bits per heavy atom. The molecule has 238 valence electrons. The number of nitrogens with one attached hydrogen (secondary N) is 4. The molecule has 0 aliphatic carbocycles. The summed E-state index contributed by atoms with van der Waals surface area (Å²) in [5.41, 5.74) is 2.10. The summed E-state index contributed by atoms with van der Waals surface area (Å²) in [5.74, 6) is -3.91. The molecule has 3 rings (SSSR count). The van der Waals surface area contributed by atoms with E-state index in [0.717, 1.165) is 44.3 Å². The fourth-order valence-corrected chi connectivity index (χ4v) is 5.00. The summed E-state index contributed by atoms with van der Waals surface area (Å²) in [7, 11) is 1.15. The number of H-pyrrole nitrogens is 1. The van der Waals surface area contributed by atoms with Crippen molar-refractivity contribution in [2.75, 3.05) is 20.3 Å². The maximum Gasteiger partial charge on any atom is 0.373 e. The largest absolute Gasteiger partial charge is 0.477 e. The summed E-state index contributed by atoms with van der Waals surface area (Å²) in [6, 6.07) is 5.93. The number of fused-ring (bicyclic) bond motifs is 1. The van der Waals surface area contributed by atoms with E-state index < -0.39 is 66.8 Å². The average Bonchev–Trinajstić information content (AvgIpc) is 3.37. The number of para-hydroxylation sites is 1. The van der Waals surface area contributed by atoms with Gasteiger partial charge >= 0.3 is 23.9 Å². The van der Waals surface area contributed by atoms with E-state index in [1.165, 1.54) is 13.0 Å². The molecule has 1 aliphatic rings. The molecule has 14 nitrogen and oxygen atoms in total. The molecular weight excluding hydrogens is 596 g/mol. The number of benzene rings is 1. The Bertz CT molecular complexity index is 1420. The summed E-state index contributed by atoms with van der Waals surface area (Å²) in [6.45, 7) is 4.57. The lowest BCUT2D eigenvalue weighted by Gasteiger charge is -2.42. The van der Waals surface area contributed by atoms with Crippen molar-refractivity contribution in [2.24, 2.45) is 0 Å².